The Bertz CT molecular complexity index is 599. The summed E-state index contributed by atoms with van der Waals surface area (Å²) >= 11 is 0. The molecule has 0 saturated carbocycles. The molecular formula is C15H22N4O2. The van der Waals surface area contributed by atoms with E-state index >= 15 is 0 Å². The number of nitrogens with one attached hydrogen (secondary N) is 1. The fraction of sp³-hybridized carbons (Fsp3) is 0.600. The van der Waals surface area contributed by atoms with Crippen molar-refractivity contribution < 1.29 is 8.83 Å². The molecule has 2 aromatic heterocycles. The molecule has 1 N–H and O–H groups in total. The minimum atomic E-state index is 0.534. The SMILES string of the molecule is Cc1cc(-c2nnc(CN(C)C3CCCNC3)o2)c(C)o1. The maximum absolute atomic E-state index is 5.78. The number of likely N-dealkylation sites (N-methyl/N-ethyl adjacent to an activating group) is 1. The van der Waals surface area contributed by atoms with Crippen LogP contribution < -0.4 is 5.32 Å². The lowest BCUT2D eigenvalue weighted by molar-refractivity contribution is 0.181. The third-order valence-electron chi connectivity index (χ3n) is 4.02. The van der Waals surface area contributed by atoms with Crippen molar-refractivity contribution in [1.29, 1.82) is 0 Å². The molecule has 1 unspecified atom stereocenters. The molecule has 1 saturated heterocycles. The van der Waals surface area contributed by atoms with Gasteiger partial charge in [0, 0.05) is 12.6 Å². The van der Waals surface area contributed by atoms with Gasteiger partial charge in [0.1, 0.15) is 11.5 Å². The number of rotatable bonds is 4. The predicted octanol–water partition coefficient (Wildman–Crippen LogP) is 2.13. The Morgan fingerprint density at radius 2 is 2.19 bits per heavy atom. The second-order valence-corrected chi connectivity index (χ2v) is 5.74. The molecule has 6 heteroatoms. The van der Waals surface area contributed by atoms with Crippen LogP contribution in [0.15, 0.2) is 14.9 Å². The van der Waals surface area contributed by atoms with Gasteiger partial charge in [0.05, 0.1) is 12.1 Å². The van der Waals surface area contributed by atoms with Crippen LogP contribution in [0, 0.1) is 13.8 Å². The van der Waals surface area contributed by atoms with Crippen molar-refractivity contribution in [2.75, 3.05) is 20.1 Å². The Labute approximate surface area is 124 Å². The average Bonchev–Trinajstić information content (AvgIpc) is 3.06. The second kappa shape index (κ2) is 5.99. The molecule has 1 fully saturated rings. The highest BCUT2D eigenvalue weighted by atomic mass is 16.4. The van der Waals surface area contributed by atoms with Crippen LogP contribution >= 0.6 is 0 Å². The molecule has 0 spiro atoms. The first-order chi connectivity index (χ1) is 10.1. The van der Waals surface area contributed by atoms with Crippen LogP contribution in [0.2, 0.25) is 0 Å². The largest absolute Gasteiger partial charge is 0.466 e. The van der Waals surface area contributed by atoms with E-state index in [0.29, 0.717) is 24.4 Å². The Morgan fingerprint density at radius 3 is 2.86 bits per heavy atom. The standard InChI is InChI=1S/C15H22N4O2/c1-10-7-13(11(2)20-10)15-18-17-14(21-15)9-19(3)12-5-4-6-16-8-12/h7,12,16H,4-6,8-9H2,1-3H3. The monoisotopic (exact) mass is 290 g/mol. The zero-order chi connectivity index (χ0) is 14.8. The molecule has 0 amide bonds. The molecule has 114 valence electrons. The van der Waals surface area contributed by atoms with Crippen LogP contribution in [0.4, 0.5) is 0 Å². The van der Waals surface area contributed by atoms with Gasteiger partial charge in [0.25, 0.3) is 5.89 Å². The topological polar surface area (TPSA) is 67.3 Å². The molecule has 6 nitrogen and oxygen atoms in total. The van der Waals surface area contributed by atoms with Gasteiger partial charge in [-0.1, -0.05) is 0 Å². The summed E-state index contributed by atoms with van der Waals surface area (Å²) in [5.41, 5.74) is 0.883. The summed E-state index contributed by atoms with van der Waals surface area (Å²) in [6.07, 6.45) is 2.43. The van der Waals surface area contributed by atoms with E-state index in [0.717, 1.165) is 30.2 Å². The van der Waals surface area contributed by atoms with Gasteiger partial charge in [-0.2, -0.15) is 0 Å². The molecule has 21 heavy (non-hydrogen) atoms. The number of piperidine rings is 1. The predicted molar refractivity (Wildman–Crippen MR) is 78.8 cm³/mol. The highest BCUT2D eigenvalue weighted by molar-refractivity contribution is 5.55. The quantitative estimate of drug-likeness (QED) is 0.930. The first-order valence-corrected chi connectivity index (χ1v) is 7.44. The highest BCUT2D eigenvalue weighted by Gasteiger charge is 2.20. The van der Waals surface area contributed by atoms with E-state index in [2.05, 4.69) is 27.5 Å². The number of hydrogen-bond donors (Lipinski definition) is 1. The molecule has 0 aliphatic carbocycles. The molecule has 0 bridgehead atoms. The molecule has 2 aromatic rings. The summed E-state index contributed by atoms with van der Waals surface area (Å²) in [4.78, 5) is 2.27. The smallest absolute Gasteiger partial charge is 0.251 e. The second-order valence-electron chi connectivity index (χ2n) is 5.74. The van der Waals surface area contributed by atoms with Gasteiger partial charge in [-0.25, -0.2) is 0 Å². The minimum Gasteiger partial charge on any atom is -0.466 e. The zero-order valence-corrected chi connectivity index (χ0v) is 12.8. The van der Waals surface area contributed by atoms with Gasteiger partial charge < -0.3 is 14.2 Å². The average molecular weight is 290 g/mol. The number of nitrogens with zero attached hydrogens (tertiary/aromatic N) is 3. The van der Waals surface area contributed by atoms with Gasteiger partial charge in [0.2, 0.25) is 5.89 Å². The molecule has 3 rings (SSSR count). The minimum absolute atomic E-state index is 0.534. The lowest BCUT2D eigenvalue weighted by Gasteiger charge is -2.30. The Morgan fingerprint density at radius 1 is 1.33 bits per heavy atom. The molecule has 1 aliphatic rings. The maximum atomic E-state index is 5.78. The lowest BCUT2D eigenvalue weighted by Crippen LogP contribution is -2.43. The first-order valence-electron chi connectivity index (χ1n) is 7.44. The van der Waals surface area contributed by atoms with Gasteiger partial charge in [-0.3, -0.25) is 4.90 Å². The van der Waals surface area contributed by atoms with Crippen LogP contribution in [0.5, 0.6) is 0 Å². The van der Waals surface area contributed by atoms with Crippen LogP contribution in [0.3, 0.4) is 0 Å². The van der Waals surface area contributed by atoms with E-state index in [1.54, 1.807) is 0 Å². The maximum Gasteiger partial charge on any atom is 0.251 e. The van der Waals surface area contributed by atoms with Crippen molar-refractivity contribution in [1.82, 2.24) is 20.4 Å². The number of hydrogen-bond acceptors (Lipinski definition) is 6. The van der Waals surface area contributed by atoms with Crippen LogP contribution in [0.1, 0.15) is 30.3 Å². The molecule has 1 atom stereocenters. The fourth-order valence-corrected chi connectivity index (χ4v) is 2.82. The van der Waals surface area contributed by atoms with E-state index in [1.807, 2.05) is 19.9 Å². The summed E-state index contributed by atoms with van der Waals surface area (Å²) in [6.45, 7) is 6.64. The molecule has 1 aliphatic heterocycles. The van der Waals surface area contributed by atoms with Crippen molar-refractivity contribution in [3.05, 3.63) is 23.5 Å². The Kier molecular flexibility index (Phi) is 4.07. The van der Waals surface area contributed by atoms with Gasteiger partial charge >= 0.3 is 0 Å². The molecule has 0 aromatic carbocycles. The third kappa shape index (κ3) is 3.16. The summed E-state index contributed by atoms with van der Waals surface area (Å²) in [5, 5.41) is 11.7. The van der Waals surface area contributed by atoms with Crippen molar-refractivity contribution in [3.8, 4) is 11.5 Å². The van der Waals surface area contributed by atoms with Crippen molar-refractivity contribution in [3.63, 3.8) is 0 Å². The molecule has 3 heterocycles. The van der Waals surface area contributed by atoms with Crippen LogP contribution in [-0.4, -0.2) is 41.3 Å². The summed E-state index contributed by atoms with van der Waals surface area (Å²) < 4.78 is 11.3. The van der Waals surface area contributed by atoms with Gasteiger partial charge in [-0.05, 0) is 46.3 Å². The van der Waals surface area contributed by atoms with E-state index in [4.69, 9.17) is 8.83 Å². The van der Waals surface area contributed by atoms with E-state index < -0.39 is 0 Å². The van der Waals surface area contributed by atoms with Crippen molar-refractivity contribution >= 4 is 0 Å². The van der Waals surface area contributed by atoms with Crippen LogP contribution in [-0.2, 0) is 6.54 Å². The molecule has 0 radical (unpaired) electrons. The lowest BCUT2D eigenvalue weighted by atomic mass is 10.1. The zero-order valence-electron chi connectivity index (χ0n) is 12.8. The van der Waals surface area contributed by atoms with Crippen molar-refractivity contribution in [2.45, 2.75) is 39.3 Å². The number of furan rings is 1. The normalized spacial score (nSPS) is 19.3. The van der Waals surface area contributed by atoms with Crippen molar-refractivity contribution in [2.24, 2.45) is 0 Å². The number of aryl methyl sites for hydroxylation is 2. The van der Waals surface area contributed by atoms with E-state index in [1.165, 1.54) is 12.8 Å². The first kappa shape index (κ1) is 14.3. The van der Waals surface area contributed by atoms with Crippen LogP contribution in [0.25, 0.3) is 11.5 Å². The van der Waals surface area contributed by atoms with Gasteiger partial charge in [0.15, 0.2) is 0 Å². The van der Waals surface area contributed by atoms with E-state index in [-0.39, 0.29) is 0 Å². The van der Waals surface area contributed by atoms with Gasteiger partial charge in [-0.15, -0.1) is 10.2 Å². The summed E-state index contributed by atoms with van der Waals surface area (Å²) in [6, 6.07) is 2.47. The number of aromatic nitrogens is 2. The van der Waals surface area contributed by atoms with E-state index in [9.17, 15) is 0 Å². The Balaban J connectivity index is 1.68. The molecular weight excluding hydrogens is 268 g/mol. The highest BCUT2D eigenvalue weighted by Crippen LogP contribution is 2.25. The summed E-state index contributed by atoms with van der Waals surface area (Å²) in [7, 11) is 2.11. The summed E-state index contributed by atoms with van der Waals surface area (Å²) in [5.74, 6) is 2.85. The third-order valence-corrected chi connectivity index (χ3v) is 4.02. The Hall–Kier alpha value is -1.66. The fourth-order valence-electron chi connectivity index (χ4n) is 2.82.